The molecule has 0 unspecified atom stereocenters. The quantitative estimate of drug-likeness (QED) is 0.103. The van der Waals surface area contributed by atoms with Gasteiger partial charge in [0, 0.05) is 52.0 Å². The summed E-state index contributed by atoms with van der Waals surface area (Å²) in [5.41, 5.74) is 24.7. The van der Waals surface area contributed by atoms with E-state index in [1.807, 2.05) is 0 Å². The summed E-state index contributed by atoms with van der Waals surface area (Å²) < 4.78 is 0. The molecule has 0 atom stereocenters. The van der Waals surface area contributed by atoms with Crippen LogP contribution in [-0.4, -0.2) is 15.0 Å². The van der Waals surface area contributed by atoms with Crippen LogP contribution < -0.4 is 0 Å². The van der Waals surface area contributed by atoms with Crippen LogP contribution in [0, 0.1) is 16.2 Å². The Labute approximate surface area is 465 Å². The number of aromatic nitrogens is 3. The fourth-order valence-corrected chi connectivity index (χ4v) is 10.7. The van der Waals surface area contributed by atoms with Crippen molar-refractivity contribution >= 4 is 0 Å². The van der Waals surface area contributed by atoms with Gasteiger partial charge in [0.15, 0.2) is 0 Å². The van der Waals surface area contributed by atoms with Crippen molar-refractivity contribution in [3.8, 4) is 101 Å². The average molecular weight is 1020 g/mol. The Kier molecular flexibility index (Phi) is 15.7. The second-order valence-electron chi connectivity index (χ2n) is 24.9. The standard InChI is InChI=1S/C75H75N3/c1-73(2,3)40-37-55-46-70(52-25-13-10-14-26-52)76-49-67(55)64-34-22-19-31-61(64)58-43-59(62-32-20-23-35-65(62)68-50-77-71(53-27-15-11-16-28-53)47-56(68)38-41-74(4,5)6)45-60(44-58)63-33-21-24-36-66(63)69-51-78-72(54-29-17-12-18-30-54)48-57(69)39-42-75(7,8)9/h10-36,43-51H,37-42H2,1-9H3. The smallest absolute Gasteiger partial charge is 0.0705 e. The van der Waals surface area contributed by atoms with Crippen molar-refractivity contribution in [2.75, 3.05) is 0 Å². The third-order valence-corrected chi connectivity index (χ3v) is 15.1. The van der Waals surface area contributed by atoms with E-state index in [4.69, 9.17) is 15.0 Å². The zero-order valence-electron chi connectivity index (χ0n) is 47.4. The van der Waals surface area contributed by atoms with Gasteiger partial charge in [-0.3, -0.25) is 15.0 Å². The fraction of sp³-hybridized carbons (Fsp3) is 0.240. The Hall–Kier alpha value is -8.01. The maximum atomic E-state index is 5.20. The molecule has 3 heteroatoms. The molecule has 10 aromatic rings. The second-order valence-corrected chi connectivity index (χ2v) is 24.9. The van der Waals surface area contributed by atoms with Crippen molar-refractivity contribution in [3.63, 3.8) is 0 Å². The summed E-state index contributed by atoms with van der Waals surface area (Å²) >= 11 is 0. The lowest BCUT2D eigenvalue weighted by atomic mass is 9.83. The molecular formula is C75H75N3. The van der Waals surface area contributed by atoms with Gasteiger partial charge in [-0.2, -0.15) is 0 Å². The summed E-state index contributed by atoms with van der Waals surface area (Å²) in [6.07, 6.45) is 12.3. The second kappa shape index (κ2) is 22.9. The highest BCUT2D eigenvalue weighted by atomic mass is 14.7. The van der Waals surface area contributed by atoms with Crippen LogP contribution in [-0.2, 0) is 19.3 Å². The van der Waals surface area contributed by atoms with Gasteiger partial charge in [-0.15, -0.1) is 0 Å². The molecule has 0 fully saturated rings. The third-order valence-electron chi connectivity index (χ3n) is 15.1. The van der Waals surface area contributed by atoms with E-state index >= 15 is 0 Å². The first kappa shape index (κ1) is 53.4. The minimum Gasteiger partial charge on any atom is -0.256 e. The molecular weight excluding hydrogens is 943 g/mol. The molecule has 10 rings (SSSR count). The lowest BCUT2D eigenvalue weighted by Gasteiger charge is -2.22. The van der Waals surface area contributed by atoms with Gasteiger partial charge in [0.2, 0.25) is 0 Å². The monoisotopic (exact) mass is 1020 g/mol. The Balaban J connectivity index is 1.20. The molecule has 0 spiro atoms. The minimum atomic E-state index is 0.158. The number of hydrogen-bond donors (Lipinski definition) is 0. The van der Waals surface area contributed by atoms with Crippen molar-refractivity contribution in [1.82, 2.24) is 15.0 Å². The van der Waals surface area contributed by atoms with Crippen LogP contribution in [0.15, 0.2) is 219 Å². The Morgan fingerprint density at radius 3 is 0.718 bits per heavy atom. The van der Waals surface area contributed by atoms with Crippen molar-refractivity contribution in [1.29, 1.82) is 0 Å². The van der Waals surface area contributed by atoms with Gasteiger partial charge in [-0.1, -0.05) is 226 Å². The number of rotatable bonds is 15. The highest BCUT2D eigenvalue weighted by Crippen LogP contribution is 2.45. The molecule has 3 nitrogen and oxygen atoms in total. The van der Waals surface area contributed by atoms with Crippen LogP contribution in [0.5, 0.6) is 0 Å². The molecule has 78 heavy (non-hydrogen) atoms. The van der Waals surface area contributed by atoms with Crippen molar-refractivity contribution in [3.05, 3.63) is 235 Å². The topological polar surface area (TPSA) is 38.7 Å². The summed E-state index contributed by atoms with van der Waals surface area (Å²) in [5, 5.41) is 0. The lowest BCUT2D eigenvalue weighted by Crippen LogP contribution is -2.07. The largest absolute Gasteiger partial charge is 0.256 e. The summed E-state index contributed by atoms with van der Waals surface area (Å²) in [4.78, 5) is 15.6. The predicted molar refractivity (Wildman–Crippen MR) is 332 cm³/mol. The third kappa shape index (κ3) is 12.9. The molecule has 0 N–H and O–H groups in total. The molecule has 0 amide bonds. The van der Waals surface area contributed by atoms with E-state index in [2.05, 4.69) is 281 Å². The minimum absolute atomic E-state index is 0.158. The van der Waals surface area contributed by atoms with Crippen LogP contribution in [0.25, 0.3) is 101 Å². The van der Waals surface area contributed by atoms with Gasteiger partial charge in [0.05, 0.1) is 17.1 Å². The molecule has 0 saturated heterocycles. The van der Waals surface area contributed by atoms with Crippen LogP contribution in [0.2, 0.25) is 0 Å². The normalized spacial score (nSPS) is 12.0. The molecule has 0 aliphatic rings. The lowest BCUT2D eigenvalue weighted by molar-refractivity contribution is 0.378. The predicted octanol–water partition coefficient (Wildman–Crippen LogP) is 20.8. The SMILES string of the molecule is CC(C)(C)CCc1cc(-c2ccccc2)ncc1-c1ccccc1-c1cc(-c2ccccc2-c2cnc(-c3ccccc3)cc2CCC(C)(C)C)cc(-c2ccccc2-c2cnc(-c3ccccc3)cc2CCC(C)(C)C)c1. The van der Waals surface area contributed by atoms with E-state index < -0.39 is 0 Å². The summed E-state index contributed by atoms with van der Waals surface area (Å²) in [6.45, 7) is 21.0. The van der Waals surface area contributed by atoms with E-state index in [0.717, 1.165) is 89.0 Å². The highest BCUT2D eigenvalue weighted by Gasteiger charge is 2.23. The fourth-order valence-electron chi connectivity index (χ4n) is 10.7. The Morgan fingerprint density at radius 1 is 0.244 bits per heavy atom. The van der Waals surface area contributed by atoms with E-state index in [9.17, 15) is 0 Å². The Morgan fingerprint density at radius 2 is 0.474 bits per heavy atom. The molecule has 3 heterocycles. The van der Waals surface area contributed by atoms with Crippen LogP contribution in [0.4, 0.5) is 0 Å². The summed E-state index contributed by atoms with van der Waals surface area (Å²) in [5.74, 6) is 0. The van der Waals surface area contributed by atoms with Crippen molar-refractivity contribution in [2.24, 2.45) is 16.2 Å². The van der Waals surface area contributed by atoms with Gasteiger partial charge < -0.3 is 0 Å². The van der Waals surface area contributed by atoms with Crippen LogP contribution >= 0.6 is 0 Å². The maximum Gasteiger partial charge on any atom is 0.0705 e. The van der Waals surface area contributed by atoms with Crippen molar-refractivity contribution in [2.45, 2.75) is 101 Å². The van der Waals surface area contributed by atoms with Gasteiger partial charge in [-0.25, -0.2) is 0 Å². The average Bonchev–Trinajstić information content (AvgIpc) is 3.47. The van der Waals surface area contributed by atoms with Gasteiger partial charge in [-0.05, 0) is 158 Å². The summed E-state index contributed by atoms with van der Waals surface area (Å²) in [6, 6.07) is 73.0. The molecule has 3 aromatic heterocycles. The number of hydrogen-bond acceptors (Lipinski definition) is 3. The zero-order chi connectivity index (χ0) is 54.4. The molecule has 390 valence electrons. The van der Waals surface area contributed by atoms with Gasteiger partial charge in [0.25, 0.3) is 0 Å². The highest BCUT2D eigenvalue weighted by molar-refractivity contribution is 5.95. The number of benzene rings is 7. The molecule has 0 aliphatic carbocycles. The Bertz CT molecular complexity index is 3260. The first-order valence-electron chi connectivity index (χ1n) is 28.1. The first-order chi connectivity index (χ1) is 37.5. The van der Waals surface area contributed by atoms with Crippen molar-refractivity contribution < 1.29 is 0 Å². The number of nitrogens with zero attached hydrogens (tertiary/aromatic N) is 3. The van der Waals surface area contributed by atoms with E-state index in [0.29, 0.717) is 0 Å². The number of aryl methyl sites for hydroxylation is 3. The number of pyridine rings is 3. The molecule has 0 aliphatic heterocycles. The van der Waals surface area contributed by atoms with Gasteiger partial charge >= 0.3 is 0 Å². The zero-order valence-corrected chi connectivity index (χ0v) is 47.4. The molecule has 0 saturated carbocycles. The molecule has 0 radical (unpaired) electrons. The first-order valence-corrected chi connectivity index (χ1v) is 28.1. The van der Waals surface area contributed by atoms with Crippen LogP contribution in [0.3, 0.4) is 0 Å². The van der Waals surface area contributed by atoms with Gasteiger partial charge in [0.1, 0.15) is 0 Å². The maximum absolute atomic E-state index is 5.20. The van der Waals surface area contributed by atoms with E-state index in [-0.39, 0.29) is 16.2 Å². The van der Waals surface area contributed by atoms with Crippen LogP contribution in [0.1, 0.15) is 98.3 Å². The molecule has 7 aromatic carbocycles. The van der Waals surface area contributed by atoms with E-state index in [1.54, 1.807) is 0 Å². The molecule has 0 bridgehead atoms. The summed E-state index contributed by atoms with van der Waals surface area (Å²) in [7, 11) is 0. The van der Waals surface area contributed by atoms with E-state index in [1.165, 1.54) is 66.8 Å².